The number of nitrogens with one attached hydrogen (secondary N) is 2. The Labute approximate surface area is 167 Å². The van der Waals surface area contributed by atoms with Crippen LogP contribution < -0.4 is 16.4 Å². The van der Waals surface area contributed by atoms with Crippen LogP contribution in [0.4, 0.5) is 15.5 Å². The lowest BCUT2D eigenvalue weighted by molar-refractivity contribution is 0.0526. The number of amides is 3. The molecule has 4 N–H and O–H groups in total. The molecule has 7 nitrogen and oxygen atoms in total. The topological polar surface area (TPSA) is 111 Å². The number of hydrogen-bond acceptors (Lipinski definition) is 5. The molecule has 1 aliphatic carbocycles. The summed E-state index contributed by atoms with van der Waals surface area (Å²) in [5, 5.41) is 5.92. The molecule has 3 rings (SSSR count). The monoisotopic (exact) mass is 401 g/mol. The first-order valence-corrected chi connectivity index (χ1v) is 10.00. The van der Waals surface area contributed by atoms with E-state index in [1.54, 1.807) is 31.2 Å². The van der Waals surface area contributed by atoms with E-state index < -0.39 is 17.9 Å². The van der Waals surface area contributed by atoms with E-state index in [9.17, 15) is 14.4 Å². The molecule has 1 atom stereocenters. The summed E-state index contributed by atoms with van der Waals surface area (Å²) in [4.78, 5) is 37.2. The Morgan fingerprint density at radius 2 is 1.93 bits per heavy atom. The average molecular weight is 401 g/mol. The third kappa shape index (κ3) is 4.33. The summed E-state index contributed by atoms with van der Waals surface area (Å²) in [6, 6.07) is 5.91. The fourth-order valence-corrected chi connectivity index (χ4v) is 4.52. The Morgan fingerprint density at radius 1 is 1.21 bits per heavy atom. The van der Waals surface area contributed by atoms with E-state index in [1.807, 2.05) is 0 Å². The molecule has 148 valence electrons. The van der Waals surface area contributed by atoms with Crippen LogP contribution in [0.25, 0.3) is 0 Å². The predicted molar refractivity (Wildman–Crippen MR) is 109 cm³/mol. The van der Waals surface area contributed by atoms with Gasteiger partial charge in [0.05, 0.1) is 17.7 Å². The number of fused-ring (bicyclic) bond motifs is 1. The van der Waals surface area contributed by atoms with Crippen molar-refractivity contribution >= 4 is 39.9 Å². The standard InChI is InChI=1S/C20H23N3O4S/c1-3-27-19(25)12-5-7-13(8-6-12)22-20(26)23-18-16(17(21)24)14-10-11(2)4-9-15(14)28-18/h5-8,11H,3-4,9-10H2,1-2H3,(H2,21,24)(H2,22,23,26)/t11-/m0/s1. The van der Waals surface area contributed by atoms with Crippen LogP contribution >= 0.6 is 11.3 Å². The van der Waals surface area contributed by atoms with Crippen molar-refractivity contribution in [3.63, 3.8) is 0 Å². The number of hydrogen-bond donors (Lipinski definition) is 3. The van der Waals surface area contributed by atoms with Gasteiger partial charge in [0.25, 0.3) is 5.91 Å². The van der Waals surface area contributed by atoms with Gasteiger partial charge in [-0.2, -0.15) is 0 Å². The third-order valence-electron chi connectivity index (χ3n) is 4.63. The Kier molecular flexibility index (Phi) is 5.99. The number of carbonyl (C=O) groups excluding carboxylic acids is 3. The lowest BCUT2D eigenvalue weighted by Gasteiger charge is -2.18. The quantitative estimate of drug-likeness (QED) is 0.662. The summed E-state index contributed by atoms with van der Waals surface area (Å²) in [6.45, 7) is 4.18. The molecule has 0 saturated heterocycles. The summed E-state index contributed by atoms with van der Waals surface area (Å²) >= 11 is 1.41. The van der Waals surface area contributed by atoms with Crippen molar-refractivity contribution in [3.05, 3.63) is 45.8 Å². The minimum absolute atomic E-state index is 0.299. The highest BCUT2D eigenvalue weighted by molar-refractivity contribution is 7.17. The molecule has 0 aliphatic heterocycles. The number of rotatable bonds is 5. The van der Waals surface area contributed by atoms with Gasteiger partial charge in [0.15, 0.2) is 0 Å². The van der Waals surface area contributed by atoms with Gasteiger partial charge in [-0.1, -0.05) is 6.92 Å². The molecule has 1 aromatic carbocycles. The van der Waals surface area contributed by atoms with Crippen LogP contribution in [0.15, 0.2) is 24.3 Å². The van der Waals surface area contributed by atoms with Crippen LogP contribution in [-0.4, -0.2) is 24.5 Å². The molecular formula is C20H23N3O4S. The predicted octanol–water partition coefficient (Wildman–Crippen LogP) is 3.79. The van der Waals surface area contributed by atoms with E-state index >= 15 is 0 Å². The number of esters is 1. The molecule has 1 aromatic heterocycles. The Bertz CT molecular complexity index is 905. The lowest BCUT2D eigenvalue weighted by atomic mass is 9.87. The van der Waals surface area contributed by atoms with Crippen molar-refractivity contribution in [2.45, 2.75) is 33.1 Å². The van der Waals surface area contributed by atoms with Crippen LogP contribution in [0.1, 0.15) is 51.4 Å². The molecule has 3 amide bonds. The maximum Gasteiger partial charge on any atom is 0.338 e. The van der Waals surface area contributed by atoms with Crippen LogP contribution in [0.2, 0.25) is 0 Å². The van der Waals surface area contributed by atoms with Crippen LogP contribution in [-0.2, 0) is 17.6 Å². The third-order valence-corrected chi connectivity index (χ3v) is 5.84. The molecular weight excluding hydrogens is 378 g/mol. The highest BCUT2D eigenvalue weighted by Crippen LogP contribution is 2.39. The van der Waals surface area contributed by atoms with Gasteiger partial charge in [-0.05, 0) is 61.9 Å². The molecule has 0 bridgehead atoms. The fraction of sp³-hybridized carbons (Fsp3) is 0.350. The van der Waals surface area contributed by atoms with Crippen molar-refractivity contribution in [1.29, 1.82) is 0 Å². The minimum Gasteiger partial charge on any atom is -0.462 e. The van der Waals surface area contributed by atoms with Crippen molar-refractivity contribution < 1.29 is 19.1 Å². The Balaban J connectivity index is 1.71. The van der Waals surface area contributed by atoms with Gasteiger partial charge in [0.2, 0.25) is 0 Å². The van der Waals surface area contributed by atoms with Crippen molar-refractivity contribution in [1.82, 2.24) is 0 Å². The number of carbonyl (C=O) groups is 3. The molecule has 0 spiro atoms. The van der Waals surface area contributed by atoms with E-state index in [0.717, 1.165) is 29.7 Å². The first kappa shape index (κ1) is 19.9. The zero-order valence-electron chi connectivity index (χ0n) is 15.8. The van der Waals surface area contributed by atoms with Gasteiger partial charge in [-0.3, -0.25) is 10.1 Å². The molecule has 28 heavy (non-hydrogen) atoms. The summed E-state index contributed by atoms with van der Waals surface area (Å²) in [5.41, 5.74) is 7.88. The van der Waals surface area contributed by atoms with Crippen LogP contribution in [0.5, 0.6) is 0 Å². The molecule has 1 aliphatic rings. The zero-order valence-corrected chi connectivity index (χ0v) is 16.7. The molecule has 0 saturated carbocycles. The molecule has 0 radical (unpaired) electrons. The zero-order chi connectivity index (χ0) is 20.3. The lowest BCUT2D eigenvalue weighted by Crippen LogP contribution is -2.22. The second-order valence-electron chi connectivity index (χ2n) is 6.80. The molecule has 0 fully saturated rings. The number of ether oxygens (including phenoxy) is 1. The van der Waals surface area contributed by atoms with Crippen molar-refractivity contribution in [3.8, 4) is 0 Å². The molecule has 2 aromatic rings. The first-order chi connectivity index (χ1) is 13.4. The molecule has 8 heteroatoms. The second kappa shape index (κ2) is 8.43. The van der Waals surface area contributed by atoms with Crippen LogP contribution in [0, 0.1) is 5.92 Å². The summed E-state index contributed by atoms with van der Waals surface area (Å²) in [5.74, 6) is -0.455. The summed E-state index contributed by atoms with van der Waals surface area (Å²) in [6.07, 6.45) is 2.74. The average Bonchev–Trinajstić information content (AvgIpc) is 2.99. The summed E-state index contributed by atoms with van der Waals surface area (Å²) < 4.78 is 4.93. The van der Waals surface area contributed by atoms with Crippen molar-refractivity contribution in [2.24, 2.45) is 11.7 Å². The maximum absolute atomic E-state index is 12.4. The summed E-state index contributed by atoms with van der Waals surface area (Å²) in [7, 11) is 0. The van der Waals surface area contributed by atoms with E-state index in [1.165, 1.54) is 11.3 Å². The van der Waals surface area contributed by atoms with Gasteiger partial charge in [0.1, 0.15) is 5.00 Å². The maximum atomic E-state index is 12.4. The Hall–Kier alpha value is -2.87. The van der Waals surface area contributed by atoms with E-state index in [-0.39, 0.29) is 0 Å². The number of primary amides is 1. The van der Waals surface area contributed by atoms with Gasteiger partial charge in [-0.25, -0.2) is 9.59 Å². The number of thiophene rings is 1. The van der Waals surface area contributed by atoms with Crippen LogP contribution in [0.3, 0.4) is 0 Å². The van der Waals surface area contributed by atoms with Gasteiger partial charge >= 0.3 is 12.0 Å². The smallest absolute Gasteiger partial charge is 0.338 e. The SMILES string of the molecule is CCOC(=O)c1ccc(NC(=O)Nc2sc3c(c2C(N)=O)C[C@@H](C)CC3)cc1. The molecule has 0 unspecified atom stereocenters. The number of aryl methyl sites for hydroxylation is 1. The Morgan fingerprint density at radius 3 is 2.57 bits per heavy atom. The largest absolute Gasteiger partial charge is 0.462 e. The van der Waals surface area contributed by atoms with Gasteiger partial charge < -0.3 is 15.8 Å². The van der Waals surface area contributed by atoms with E-state index in [2.05, 4.69) is 17.6 Å². The second-order valence-corrected chi connectivity index (χ2v) is 7.90. The number of benzene rings is 1. The van der Waals surface area contributed by atoms with Gasteiger partial charge in [-0.15, -0.1) is 11.3 Å². The fourth-order valence-electron chi connectivity index (χ4n) is 3.28. The van der Waals surface area contributed by atoms with E-state index in [0.29, 0.717) is 34.3 Å². The highest BCUT2D eigenvalue weighted by atomic mass is 32.1. The normalized spacial score (nSPS) is 15.4. The highest BCUT2D eigenvalue weighted by Gasteiger charge is 2.27. The minimum atomic E-state index is -0.527. The number of urea groups is 1. The van der Waals surface area contributed by atoms with Crippen molar-refractivity contribution in [2.75, 3.05) is 17.2 Å². The first-order valence-electron chi connectivity index (χ1n) is 9.18. The molecule has 1 heterocycles. The number of anilines is 2. The number of nitrogens with two attached hydrogens (primary N) is 1. The van der Waals surface area contributed by atoms with E-state index in [4.69, 9.17) is 10.5 Å². The van der Waals surface area contributed by atoms with Gasteiger partial charge in [0, 0.05) is 10.6 Å².